The molecule has 7 nitrogen and oxygen atoms in total. The van der Waals surface area contributed by atoms with Crippen LogP contribution in [0.15, 0.2) is 18.2 Å². The number of ketones is 2. The highest BCUT2D eigenvalue weighted by molar-refractivity contribution is 6.23. The molecule has 7 heteroatoms. The summed E-state index contributed by atoms with van der Waals surface area (Å²) < 4.78 is 5.08. The van der Waals surface area contributed by atoms with Gasteiger partial charge in [0.2, 0.25) is 0 Å². The lowest BCUT2D eigenvalue weighted by molar-refractivity contribution is -0.385. The van der Waals surface area contributed by atoms with Gasteiger partial charge in [0.25, 0.3) is 5.69 Å². The molecule has 23 heavy (non-hydrogen) atoms. The lowest BCUT2D eigenvalue weighted by Gasteiger charge is -2.22. The first-order valence-electron chi connectivity index (χ1n) is 6.96. The van der Waals surface area contributed by atoms with Gasteiger partial charge < -0.3 is 4.74 Å². The largest absolute Gasteiger partial charge is 0.459 e. The van der Waals surface area contributed by atoms with E-state index in [2.05, 4.69) is 0 Å². The molecule has 0 fully saturated rings. The maximum atomic E-state index is 12.5. The average Bonchev–Trinajstić information content (AvgIpc) is 2.35. The van der Waals surface area contributed by atoms with Gasteiger partial charge in [-0.3, -0.25) is 24.5 Å². The second-order valence-corrected chi connectivity index (χ2v) is 6.22. The van der Waals surface area contributed by atoms with Gasteiger partial charge in [-0.25, -0.2) is 0 Å². The van der Waals surface area contributed by atoms with Crippen LogP contribution in [-0.4, -0.2) is 28.1 Å². The Morgan fingerprint density at radius 1 is 1.22 bits per heavy atom. The van der Waals surface area contributed by atoms with E-state index in [0.717, 1.165) is 6.92 Å². The number of aryl methyl sites for hydroxylation is 1. The average molecular weight is 321 g/mol. The fourth-order valence-electron chi connectivity index (χ4n) is 1.97. The summed E-state index contributed by atoms with van der Waals surface area (Å²) >= 11 is 0. The van der Waals surface area contributed by atoms with E-state index in [1.165, 1.54) is 18.2 Å². The number of nitro benzene ring substituents is 1. The number of hydrogen-bond acceptors (Lipinski definition) is 6. The second-order valence-electron chi connectivity index (χ2n) is 6.22. The third kappa shape index (κ3) is 4.70. The third-order valence-electron chi connectivity index (χ3n) is 2.93. The number of esters is 1. The fraction of sp³-hybridized carbons (Fsp3) is 0.438. The highest BCUT2D eigenvalue weighted by Crippen LogP contribution is 2.25. The van der Waals surface area contributed by atoms with Crippen molar-refractivity contribution in [3.63, 3.8) is 0 Å². The molecule has 0 heterocycles. The van der Waals surface area contributed by atoms with Gasteiger partial charge in [0, 0.05) is 6.07 Å². The number of rotatable bonds is 5. The molecule has 1 rings (SSSR count). The Hall–Kier alpha value is -2.57. The van der Waals surface area contributed by atoms with Gasteiger partial charge in [0.1, 0.15) is 5.60 Å². The first-order valence-corrected chi connectivity index (χ1v) is 6.96. The predicted octanol–water partition coefficient (Wildman–Crippen LogP) is 2.63. The molecule has 0 N–H and O–H groups in total. The van der Waals surface area contributed by atoms with Gasteiger partial charge >= 0.3 is 5.97 Å². The number of ether oxygens (including phenoxy) is 1. The minimum atomic E-state index is -1.71. The zero-order chi connectivity index (χ0) is 17.9. The molecule has 0 bridgehead atoms. The normalized spacial score (nSPS) is 12.4. The maximum Gasteiger partial charge on any atom is 0.325 e. The number of nitrogens with zero attached hydrogens (tertiary/aromatic N) is 1. The second kappa shape index (κ2) is 6.68. The van der Waals surface area contributed by atoms with Crippen molar-refractivity contribution in [3.8, 4) is 0 Å². The fourth-order valence-corrected chi connectivity index (χ4v) is 1.97. The molecule has 0 amide bonds. The van der Waals surface area contributed by atoms with Crippen LogP contribution in [0, 0.1) is 23.0 Å². The Labute approximate surface area is 133 Å². The summed E-state index contributed by atoms with van der Waals surface area (Å²) in [4.78, 5) is 46.8. The number of carbonyl (C=O) groups is 3. The van der Waals surface area contributed by atoms with E-state index in [1.807, 2.05) is 0 Å². The minimum Gasteiger partial charge on any atom is -0.459 e. The zero-order valence-electron chi connectivity index (χ0n) is 13.7. The topological polar surface area (TPSA) is 104 Å². The van der Waals surface area contributed by atoms with Crippen molar-refractivity contribution in [1.82, 2.24) is 0 Å². The van der Waals surface area contributed by atoms with E-state index in [4.69, 9.17) is 4.74 Å². The highest BCUT2D eigenvalue weighted by atomic mass is 16.6. The summed E-state index contributed by atoms with van der Waals surface area (Å²) in [6.07, 6.45) is 0. The molecule has 0 saturated heterocycles. The van der Waals surface area contributed by atoms with Crippen LogP contribution in [0.25, 0.3) is 0 Å². The van der Waals surface area contributed by atoms with E-state index < -0.39 is 39.7 Å². The van der Waals surface area contributed by atoms with Crippen LogP contribution < -0.4 is 0 Å². The molecule has 1 aromatic carbocycles. The van der Waals surface area contributed by atoms with Crippen LogP contribution in [-0.2, 0) is 14.3 Å². The van der Waals surface area contributed by atoms with E-state index in [-0.39, 0.29) is 5.56 Å². The first-order chi connectivity index (χ1) is 10.4. The molecule has 0 saturated carbocycles. The lowest BCUT2D eigenvalue weighted by atomic mass is 9.92. The predicted molar refractivity (Wildman–Crippen MR) is 82.2 cm³/mol. The zero-order valence-corrected chi connectivity index (χ0v) is 13.7. The molecular formula is C16H19NO6. The van der Waals surface area contributed by atoms with Gasteiger partial charge in [-0.1, -0.05) is 6.07 Å². The number of benzene rings is 1. The Kier molecular flexibility index (Phi) is 5.37. The van der Waals surface area contributed by atoms with E-state index in [9.17, 15) is 24.5 Å². The number of carbonyl (C=O) groups excluding carboxylic acids is 3. The molecule has 0 aromatic heterocycles. The monoisotopic (exact) mass is 321 g/mol. The third-order valence-corrected chi connectivity index (χ3v) is 2.93. The first kappa shape index (κ1) is 18.5. The van der Waals surface area contributed by atoms with E-state index >= 15 is 0 Å². The van der Waals surface area contributed by atoms with Crippen LogP contribution in [0.2, 0.25) is 0 Å². The van der Waals surface area contributed by atoms with Crippen molar-refractivity contribution in [2.75, 3.05) is 0 Å². The number of Topliss-reactive ketones (excluding diaryl/α,β-unsaturated/α-hetero) is 2. The van der Waals surface area contributed by atoms with Crippen molar-refractivity contribution < 1.29 is 24.0 Å². The lowest BCUT2D eigenvalue weighted by Crippen LogP contribution is -2.36. The molecule has 124 valence electrons. The highest BCUT2D eigenvalue weighted by Gasteiger charge is 2.38. The van der Waals surface area contributed by atoms with Crippen molar-refractivity contribution in [2.45, 2.75) is 40.2 Å². The maximum absolute atomic E-state index is 12.5. The smallest absolute Gasteiger partial charge is 0.325 e. The molecule has 0 radical (unpaired) electrons. The quantitative estimate of drug-likeness (QED) is 0.271. The molecular weight excluding hydrogens is 302 g/mol. The van der Waals surface area contributed by atoms with Crippen molar-refractivity contribution >= 4 is 23.2 Å². The molecule has 0 aliphatic heterocycles. The summed E-state index contributed by atoms with van der Waals surface area (Å²) in [6.45, 7) is 7.51. The van der Waals surface area contributed by atoms with E-state index in [1.54, 1.807) is 27.7 Å². The van der Waals surface area contributed by atoms with Crippen molar-refractivity contribution in [1.29, 1.82) is 0 Å². The van der Waals surface area contributed by atoms with Crippen LogP contribution in [0.4, 0.5) is 5.69 Å². The Morgan fingerprint density at radius 2 is 1.78 bits per heavy atom. The molecule has 1 aromatic rings. The van der Waals surface area contributed by atoms with Crippen molar-refractivity contribution in [2.24, 2.45) is 5.92 Å². The summed E-state index contributed by atoms with van der Waals surface area (Å²) in [7, 11) is 0. The summed E-state index contributed by atoms with van der Waals surface area (Å²) in [6, 6.07) is 3.97. The molecule has 0 aliphatic rings. The van der Waals surface area contributed by atoms with Crippen LogP contribution >= 0.6 is 0 Å². The number of nitro groups is 1. The Bertz CT molecular complexity index is 672. The van der Waals surface area contributed by atoms with Crippen LogP contribution in [0.3, 0.4) is 0 Å². The molecule has 0 aliphatic carbocycles. The van der Waals surface area contributed by atoms with Crippen LogP contribution in [0.5, 0.6) is 0 Å². The summed E-state index contributed by atoms with van der Waals surface area (Å²) in [5, 5.41) is 11.1. The molecule has 0 spiro atoms. The minimum absolute atomic E-state index is 0.286. The van der Waals surface area contributed by atoms with Gasteiger partial charge in [-0.15, -0.1) is 0 Å². The van der Waals surface area contributed by atoms with Gasteiger partial charge in [-0.2, -0.15) is 0 Å². The van der Waals surface area contributed by atoms with Crippen LogP contribution in [0.1, 0.15) is 43.6 Å². The van der Waals surface area contributed by atoms with Gasteiger partial charge in [0.15, 0.2) is 17.5 Å². The number of hydrogen-bond donors (Lipinski definition) is 0. The summed E-state index contributed by atoms with van der Waals surface area (Å²) in [5.41, 5.74) is -1.02. The Balaban J connectivity index is 3.30. The molecule has 1 atom stereocenters. The van der Waals surface area contributed by atoms with Crippen molar-refractivity contribution in [3.05, 3.63) is 39.4 Å². The summed E-state index contributed by atoms with van der Waals surface area (Å²) in [5.74, 6) is -4.38. The molecule has 1 unspecified atom stereocenters. The Morgan fingerprint density at radius 3 is 2.22 bits per heavy atom. The van der Waals surface area contributed by atoms with Gasteiger partial charge in [-0.05, 0) is 46.2 Å². The van der Waals surface area contributed by atoms with Gasteiger partial charge in [0.05, 0.1) is 10.5 Å². The SMILES string of the molecule is CC(=O)C(C(=O)OC(C)(C)C)C(=O)c1ccc(C)cc1[N+](=O)[O-]. The standard InChI is InChI=1S/C16H19NO6/c1-9-6-7-11(12(8-9)17(21)22)14(19)13(10(2)18)15(20)23-16(3,4)5/h6-8,13H,1-5H3. The van der Waals surface area contributed by atoms with E-state index in [0.29, 0.717) is 5.56 Å².